The van der Waals surface area contributed by atoms with Crippen molar-refractivity contribution >= 4 is 23.6 Å². The van der Waals surface area contributed by atoms with E-state index in [1.165, 1.54) is 24.3 Å². The zero-order valence-electron chi connectivity index (χ0n) is 12.5. The number of carbonyl (C=O) groups is 4. The molecule has 2 aromatic carbocycles. The first-order chi connectivity index (χ1) is 11.4. The first-order valence-electron chi connectivity index (χ1n) is 6.80. The number of carbonyl (C=O) groups excluding carboxylic acids is 4. The van der Waals surface area contributed by atoms with Crippen LogP contribution in [0.2, 0.25) is 0 Å². The van der Waals surface area contributed by atoms with E-state index in [-0.39, 0.29) is 21.1 Å². The Morgan fingerprint density at radius 1 is 0.583 bits per heavy atom. The Balaban J connectivity index is 2.12. The Bertz CT molecular complexity index is 710. The number of amides is 4. The second kappa shape index (κ2) is 7.27. The van der Waals surface area contributed by atoms with Gasteiger partial charge in [-0.15, -0.1) is 0 Å². The summed E-state index contributed by atoms with van der Waals surface area (Å²) in [5.74, 6) is 6.15. The summed E-state index contributed by atoms with van der Waals surface area (Å²) in [6.07, 6.45) is 0. The van der Waals surface area contributed by atoms with Crippen molar-refractivity contribution in [2.45, 2.75) is 0 Å². The summed E-state index contributed by atoms with van der Waals surface area (Å²) in [6, 6.07) is 15.3. The maximum atomic E-state index is 12.0. The van der Waals surface area contributed by atoms with Crippen LogP contribution < -0.4 is 11.7 Å². The Morgan fingerprint density at radius 3 is 1.17 bits per heavy atom. The van der Waals surface area contributed by atoms with Gasteiger partial charge in [0.25, 0.3) is 11.8 Å². The Morgan fingerprint density at radius 2 is 0.875 bits per heavy atom. The van der Waals surface area contributed by atoms with Gasteiger partial charge in [-0.25, -0.2) is 21.7 Å². The van der Waals surface area contributed by atoms with Gasteiger partial charge in [-0.3, -0.25) is 19.2 Å². The van der Waals surface area contributed by atoms with E-state index in [2.05, 4.69) is 0 Å². The molecule has 0 fully saturated rings. The summed E-state index contributed by atoms with van der Waals surface area (Å²) >= 11 is 0. The molecule has 0 aliphatic rings. The molecule has 8 nitrogen and oxygen atoms in total. The quantitative estimate of drug-likeness (QED) is 0.348. The Hall–Kier alpha value is -3.36. The topological polar surface area (TPSA) is 127 Å². The first kappa shape index (κ1) is 17.0. The molecule has 122 valence electrons. The summed E-state index contributed by atoms with van der Waals surface area (Å²) in [5.41, 5.74) is 0.221. The minimum atomic E-state index is -1.42. The van der Waals surface area contributed by atoms with Crippen LogP contribution >= 0.6 is 0 Å². The van der Waals surface area contributed by atoms with Crippen LogP contribution in [0.4, 0.5) is 0 Å². The van der Waals surface area contributed by atoms with Crippen LogP contribution in [0, 0.1) is 0 Å². The van der Waals surface area contributed by atoms with E-state index in [0.29, 0.717) is 0 Å². The molecule has 4 N–H and O–H groups in total. The lowest BCUT2D eigenvalue weighted by Gasteiger charge is -2.18. The molecule has 0 saturated carbocycles. The third-order valence-electron chi connectivity index (χ3n) is 3.10. The average Bonchev–Trinajstić information content (AvgIpc) is 2.65. The van der Waals surface area contributed by atoms with E-state index in [4.69, 9.17) is 11.7 Å². The Labute approximate surface area is 137 Å². The normalized spacial score (nSPS) is 9.92. The molecule has 0 aliphatic carbocycles. The fourth-order valence-electron chi connectivity index (χ4n) is 1.83. The van der Waals surface area contributed by atoms with Crippen molar-refractivity contribution in [3.8, 4) is 0 Å². The molecule has 0 aliphatic heterocycles. The van der Waals surface area contributed by atoms with Crippen molar-refractivity contribution < 1.29 is 19.2 Å². The highest BCUT2D eigenvalue weighted by Gasteiger charge is 2.32. The third kappa shape index (κ3) is 3.51. The van der Waals surface area contributed by atoms with Crippen LogP contribution in [-0.4, -0.2) is 33.6 Å². The van der Waals surface area contributed by atoms with Crippen LogP contribution in [0.25, 0.3) is 0 Å². The van der Waals surface area contributed by atoms with E-state index in [0.717, 1.165) is 0 Å². The maximum Gasteiger partial charge on any atom is 0.335 e. The van der Waals surface area contributed by atoms with Gasteiger partial charge in [0.1, 0.15) is 0 Å². The highest BCUT2D eigenvalue weighted by molar-refractivity contribution is 6.40. The summed E-state index contributed by atoms with van der Waals surface area (Å²) in [5, 5.41) is 0.242. The van der Waals surface area contributed by atoms with E-state index in [1.54, 1.807) is 36.4 Å². The second-order valence-electron chi connectivity index (χ2n) is 4.69. The van der Waals surface area contributed by atoms with Crippen molar-refractivity contribution in [3.05, 3.63) is 71.8 Å². The molecular weight excluding hydrogens is 312 g/mol. The summed E-state index contributed by atoms with van der Waals surface area (Å²) < 4.78 is 0. The monoisotopic (exact) mass is 326 g/mol. The van der Waals surface area contributed by atoms with Crippen LogP contribution in [-0.2, 0) is 9.59 Å². The third-order valence-corrected chi connectivity index (χ3v) is 3.10. The molecule has 0 radical (unpaired) electrons. The molecular formula is C16H14N4O4. The SMILES string of the molecule is NN(C(=O)C(=O)N(N)C(=O)c1ccccc1)C(=O)c1ccccc1. The van der Waals surface area contributed by atoms with Crippen molar-refractivity contribution in [3.63, 3.8) is 0 Å². The van der Waals surface area contributed by atoms with E-state index in [1.807, 2.05) is 0 Å². The van der Waals surface area contributed by atoms with Gasteiger partial charge >= 0.3 is 11.8 Å². The van der Waals surface area contributed by atoms with Gasteiger partial charge in [-0.2, -0.15) is 0 Å². The fraction of sp³-hybridized carbons (Fsp3) is 0. The zero-order valence-corrected chi connectivity index (χ0v) is 12.5. The highest BCUT2D eigenvalue weighted by Crippen LogP contribution is 2.05. The smallest absolute Gasteiger partial charge is 0.267 e. The van der Waals surface area contributed by atoms with Crippen molar-refractivity contribution in [1.29, 1.82) is 0 Å². The molecule has 0 bridgehead atoms. The largest absolute Gasteiger partial charge is 0.335 e. The van der Waals surface area contributed by atoms with Crippen molar-refractivity contribution in [2.75, 3.05) is 0 Å². The molecule has 4 amide bonds. The minimum absolute atomic E-state index is 0.110. The van der Waals surface area contributed by atoms with Gasteiger partial charge in [0.05, 0.1) is 0 Å². The van der Waals surface area contributed by atoms with Crippen LogP contribution in [0.5, 0.6) is 0 Å². The summed E-state index contributed by atoms with van der Waals surface area (Å²) in [4.78, 5) is 48.1. The number of rotatable bonds is 2. The lowest BCUT2D eigenvalue weighted by molar-refractivity contribution is -0.149. The van der Waals surface area contributed by atoms with Gasteiger partial charge < -0.3 is 0 Å². The fourth-order valence-corrected chi connectivity index (χ4v) is 1.83. The van der Waals surface area contributed by atoms with E-state index < -0.39 is 23.6 Å². The number of hydrazine groups is 2. The van der Waals surface area contributed by atoms with Crippen molar-refractivity contribution in [1.82, 2.24) is 10.0 Å². The molecule has 0 spiro atoms. The second-order valence-corrected chi connectivity index (χ2v) is 4.69. The van der Waals surface area contributed by atoms with Crippen molar-refractivity contribution in [2.24, 2.45) is 11.7 Å². The standard InChI is InChI=1S/C16H14N4O4/c17-19(13(21)11-7-3-1-4-8-11)15(23)16(24)20(18)14(22)12-9-5-2-6-10-12/h1-10H,17-18H2. The summed E-state index contributed by atoms with van der Waals surface area (Å²) in [7, 11) is 0. The van der Waals surface area contributed by atoms with Gasteiger partial charge in [0.15, 0.2) is 0 Å². The summed E-state index contributed by atoms with van der Waals surface area (Å²) in [6.45, 7) is 0. The lowest BCUT2D eigenvalue weighted by atomic mass is 10.2. The molecule has 0 aromatic heterocycles. The number of nitrogens with zero attached hydrogens (tertiary/aromatic N) is 2. The molecule has 0 heterocycles. The van der Waals surface area contributed by atoms with E-state index in [9.17, 15) is 19.2 Å². The molecule has 2 aromatic rings. The lowest BCUT2D eigenvalue weighted by Crippen LogP contribution is -2.54. The molecule has 2 rings (SSSR count). The van der Waals surface area contributed by atoms with Crippen LogP contribution in [0.1, 0.15) is 20.7 Å². The molecule has 0 saturated heterocycles. The molecule has 8 heteroatoms. The van der Waals surface area contributed by atoms with Gasteiger partial charge in [-0.1, -0.05) is 36.4 Å². The maximum absolute atomic E-state index is 12.0. The predicted molar refractivity (Wildman–Crippen MR) is 83.6 cm³/mol. The minimum Gasteiger partial charge on any atom is -0.267 e. The average molecular weight is 326 g/mol. The molecule has 0 atom stereocenters. The Kier molecular flexibility index (Phi) is 5.15. The molecule has 0 unspecified atom stereocenters. The number of imide groups is 2. The van der Waals surface area contributed by atoms with Gasteiger partial charge in [0.2, 0.25) is 0 Å². The molecule has 24 heavy (non-hydrogen) atoms. The first-order valence-corrected chi connectivity index (χ1v) is 6.80. The van der Waals surface area contributed by atoms with Crippen LogP contribution in [0.15, 0.2) is 60.7 Å². The van der Waals surface area contributed by atoms with Crippen LogP contribution in [0.3, 0.4) is 0 Å². The van der Waals surface area contributed by atoms with Gasteiger partial charge in [-0.05, 0) is 24.3 Å². The number of hydrogen-bond donors (Lipinski definition) is 2. The van der Waals surface area contributed by atoms with E-state index >= 15 is 0 Å². The number of benzene rings is 2. The van der Waals surface area contributed by atoms with Gasteiger partial charge in [0, 0.05) is 11.1 Å². The predicted octanol–water partition coefficient (Wildman–Crippen LogP) is 0.0718. The number of nitrogens with two attached hydrogens (primary N) is 2. The zero-order chi connectivity index (χ0) is 17.7. The number of hydrogen-bond acceptors (Lipinski definition) is 6. The highest BCUT2D eigenvalue weighted by atomic mass is 16.2.